The predicted molar refractivity (Wildman–Crippen MR) is 112 cm³/mol. The van der Waals surface area contributed by atoms with E-state index >= 15 is 0 Å². The summed E-state index contributed by atoms with van der Waals surface area (Å²) in [5, 5.41) is 15.4. The Morgan fingerprint density at radius 3 is 2.14 bits per heavy atom. The van der Waals surface area contributed by atoms with Gasteiger partial charge < -0.3 is 9.84 Å². The molecule has 0 saturated heterocycles. The van der Waals surface area contributed by atoms with Crippen LogP contribution in [-0.4, -0.2) is 24.3 Å². The van der Waals surface area contributed by atoms with Gasteiger partial charge in [-0.05, 0) is 29.3 Å². The molecule has 0 heterocycles. The highest BCUT2D eigenvalue weighted by atomic mass is 79.9. The van der Waals surface area contributed by atoms with Gasteiger partial charge in [0.1, 0.15) is 5.75 Å². The van der Waals surface area contributed by atoms with E-state index in [1.807, 2.05) is 24.3 Å². The number of benzene rings is 3. The molecule has 0 aromatic heterocycles. The number of hydrogen-bond donors (Lipinski definition) is 2. The number of amides is 1. The summed E-state index contributed by atoms with van der Waals surface area (Å²) < 4.78 is 6.14. The molecule has 0 aliphatic carbocycles. The number of ether oxygens (including phenoxy) is 1. The van der Waals surface area contributed by atoms with Crippen LogP contribution < -0.4 is 10.2 Å². The van der Waals surface area contributed by atoms with Gasteiger partial charge in [0.05, 0.1) is 13.3 Å². The zero-order valence-corrected chi connectivity index (χ0v) is 16.8. The van der Waals surface area contributed by atoms with Crippen molar-refractivity contribution in [3.8, 4) is 5.75 Å². The molecule has 5 nitrogen and oxygen atoms in total. The number of halogens is 1. The number of rotatable bonds is 6. The molecule has 0 bridgehead atoms. The number of hydrazone groups is 1. The lowest BCUT2D eigenvalue weighted by Crippen LogP contribution is -2.43. The first kappa shape index (κ1) is 19.8. The highest BCUT2D eigenvalue weighted by Crippen LogP contribution is 2.30. The molecule has 6 heteroatoms. The molecule has 3 aromatic rings. The van der Waals surface area contributed by atoms with E-state index in [9.17, 15) is 9.90 Å². The monoisotopic (exact) mass is 438 g/mol. The van der Waals surface area contributed by atoms with Crippen molar-refractivity contribution in [1.82, 2.24) is 5.43 Å². The van der Waals surface area contributed by atoms with E-state index in [4.69, 9.17) is 4.74 Å². The molecule has 142 valence electrons. The Morgan fingerprint density at radius 1 is 1.04 bits per heavy atom. The fraction of sp³-hybridized carbons (Fsp3) is 0.0909. The number of carbonyl (C=O) groups excluding carboxylic acids is 1. The van der Waals surface area contributed by atoms with E-state index < -0.39 is 11.5 Å². The first-order valence-electron chi connectivity index (χ1n) is 8.56. The number of methoxy groups -OCH3 is 1. The second-order valence-corrected chi connectivity index (χ2v) is 6.94. The lowest BCUT2D eigenvalue weighted by molar-refractivity contribution is -0.136. The van der Waals surface area contributed by atoms with Crippen molar-refractivity contribution in [2.75, 3.05) is 7.11 Å². The number of nitrogens with zero attached hydrogens (tertiary/aromatic N) is 1. The van der Waals surface area contributed by atoms with Crippen molar-refractivity contribution in [3.63, 3.8) is 0 Å². The van der Waals surface area contributed by atoms with Crippen LogP contribution in [0.4, 0.5) is 0 Å². The van der Waals surface area contributed by atoms with Crippen molar-refractivity contribution in [3.05, 3.63) is 100 Å². The first-order chi connectivity index (χ1) is 13.6. The lowest BCUT2D eigenvalue weighted by Gasteiger charge is -2.27. The van der Waals surface area contributed by atoms with E-state index in [-0.39, 0.29) is 0 Å². The van der Waals surface area contributed by atoms with E-state index in [2.05, 4.69) is 26.5 Å². The van der Waals surface area contributed by atoms with Crippen LogP contribution in [0.2, 0.25) is 0 Å². The molecule has 2 N–H and O–H groups in total. The van der Waals surface area contributed by atoms with Gasteiger partial charge in [-0.15, -0.1) is 0 Å². The fourth-order valence-corrected chi connectivity index (χ4v) is 3.21. The van der Waals surface area contributed by atoms with Crippen LogP contribution in [0.25, 0.3) is 0 Å². The maximum Gasteiger partial charge on any atom is 0.281 e. The Hall–Kier alpha value is -2.96. The third kappa shape index (κ3) is 4.13. The molecule has 1 amide bonds. The second-order valence-electron chi connectivity index (χ2n) is 6.03. The second kappa shape index (κ2) is 8.82. The Labute approximate surface area is 171 Å². The maximum atomic E-state index is 13.0. The lowest BCUT2D eigenvalue weighted by atomic mass is 9.85. The molecule has 0 aliphatic rings. The van der Waals surface area contributed by atoms with Gasteiger partial charge >= 0.3 is 0 Å². The van der Waals surface area contributed by atoms with E-state index in [0.29, 0.717) is 22.4 Å². The number of nitrogens with one attached hydrogen (secondary N) is 1. The topological polar surface area (TPSA) is 70.9 Å². The van der Waals surface area contributed by atoms with Crippen molar-refractivity contribution in [2.24, 2.45) is 5.10 Å². The summed E-state index contributed by atoms with van der Waals surface area (Å²) in [6.45, 7) is 0. The summed E-state index contributed by atoms with van der Waals surface area (Å²) in [6, 6.07) is 23.0. The van der Waals surface area contributed by atoms with Gasteiger partial charge in [0.25, 0.3) is 5.91 Å². The van der Waals surface area contributed by atoms with Crippen LogP contribution in [-0.2, 0) is 10.4 Å². The molecule has 0 fully saturated rings. The molecule has 0 aliphatic heterocycles. The van der Waals surface area contributed by atoms with Gasteiger partial charge in [-0.25, -0.2) is 5.43 Å². The number of aliphatic hydroxyl groups is 1. The van der Waals surface area contributed by atoms with Crippen molar-refractivity contribution < 1.29 is 14.6 Å². The summed E-state index contributed by atoms with van der Waals surface area (Å²) in [4.78, 5) is 13.0. The summed E-state index contributed by atoms with van der Waals surface area (Å²) in [5.41, 5.74) is 2.16. The van der Waals surface area contributed by atoms with E-state index in [0.717, 1.165) is 4.47 Å². The van der Waals surface area contributed by atoms with Gasteiger partial charge in [-0.2, -0.15) is 5.10 Å². The van der Waals surface area contributed by atoms with Gasteiger partial charge in [0.15, 0.2) is 5.60 Å². The van der Waals surface area contributed by atoms with Gasteiger partial charge in [-0.1, -0.05) is 76.6 Å². The predicted octanol–water partition coefficient (Wildman–Crippen LogP) is 3.84. The molecule has 28 heavy (non-hydrogen) atoms. The Kier molecular flexibility index (Phi) is 6.23. The average molecular weight is 439 g/mol. The fourth-order valence-electron chi connectivity index (χ4n) is 2.84. The minimum Gasteiger partial charge on any atom is -0.496 e. The Morgan fingerprint density at radius 2 is 1.61 bits per heavy atom. The van der Waals surface area contributed by atoms with Gasteiger partial charge in [-0.3, -0.25) is 4.79 Å². The van der Waals surface area contributed by atoms with Gasteiger partial charge in [0, 0.05) is 10.0 Å². The van der Waals surface area contributed by atoms with E-state index in [1.165, 1.54) is 6.21 Å². The SMILES string of the molecule is COc1ccc(Br)cc1/C=N\NC(=O)C(O)(c1ccccc1)c1ccccc1. The third-order valence-corrected chi connectivity index (χ3v) is 4.77. The minimum absolute atomic E-state index is 0.453. The molecule has 0 spiro atoms. The average Bonchev–Trinajstić information content (AvgIpc) is 2.74. The zero-order chi connectivity index (χ0) is 20.0. The van der Waals surface area contributed by atoms with Crippen LogP contribution in [0, 0.1) is 0 Å². The van der Waals surface area contributed by atoms with E-state index in [1.54, 1.807) is 61.7 Å². The number of hydrogen-bond acceptors (Lipinski definition) is 4. The molecule has 3 aromatic carbocycles. The molecular weight excluding hydrogens is 420 g/mol. The minimum atomic E-state index is -1.87. The van der Waals surface area contributed by atoms with Crippen LogP contribution in [0.15, 0.2) is 88.4 Å². The van der Waals surface area contributed by atoms with Crippen molar-refractivity contribution >= 4 is 28.1 Å². The molecule has 0 radical (unpaired) electrons. The van der Waals surface area contributed by atoms with Crippen molar-refractivity contribution in [1.29, 1.82) is 0 Å². The first-order valence-corrected chi connectivity index (χ1v) is 9.35. The van der Waals surface area contributed by atoms with Crippen molar-refractivity contribution in [2.45, 2.75) is 5.60 Å². The standard InChI is InChI=1S/C22H19BrN2O3/c1-28-20-13-12-19(23)14-16(20)15-24-25-21(26)22(27,17-8-4-2-5-9-17)18-10-6-3-7-11-18/h2-15,27H,1H3,(H,25,26)/b24-15-. The highest BCUT2D eigenvalue weighted by molar-refractivity contribution is 9.10. The summed E-state index contributed by atoms with van der Waals surface area (Å²) >= 11 is 3.39. The van der Waals surface area contributed by atoms with Crippen LogP contribution in [0.3, 0.4) is 0 Å². The molecule has 0 unspecified atom stereocenters. The third-order valence-electron chi connectivity index (χ3n) is 4.27. The van der Waals surface area contributed by atoms with Crippen LogP contribution in [0.5, 0.6) is 5.75 Å². The zero-order valence-electron chi connectivity index (χ0n) is 15.2. The number of carbonyl (C=O) groups is 1. The smallest absolute Gasteiger partial charge is 0.281 e. The Balaban J connectivity index is 1.90. The summed E-state index contributed by atoms with van der Waals surface area (Å²) in [6.07, 6.45) is 1.47. The van der Waals surface area contributed by atoms with Gasteiger partial charge in [0.2, 0.25) is 0 Å². The molecular formula is C22H19BrN2O3. The van der Waals surface area contributed by atoms with Crippen LogP contribution in [0.1, 0.15) is 16.7 Å². The summed E-state index contributed by atoms with van der Waals surface area (Å²) in [5.74, 6) is -0.0438. The maximum absolute atomic E-state index is 13.0. The Bertz CT molecular complexity index is 936. The molecule has 0 atom stereocenters. The largest absolute Gasteiger partial charge is 0.496 e. The summed E-state index contributed by atoms with van der Waals surface area (Å²) in [7, 11) is 1.56. The van der Waals surface area contributed by atoms with Crippen LogP contribution >= 0.6 is 15.9 Å². The molecule has 0 saturated carbocycles. The molecule has 3 rings (SSSR count). The quantitative estimate of drug-likeness (QED) is 0.453. The highest BCUT2D eigenvalue weighted by Gasteiger charge is 2.39. The normalized spacial score (nSPS) is 11.4.